The molecule has 0 saturated carbocycles. The van der Waals surface area contributed by atoms with Crippen LogP contribution in [0.25, 0.3) is 10.8 Å². The van der Waals surface area contributed by atoms with E-state index in [2.05, 4.69) is 21.2 Å². The van der Waals surface area contributed by atoms with Crippen molar-refractivity contribution in [2.75, 3.05) is 39.3 Å². The number of fused-ring (bicyclic) bond motifs is 2. The van der Waals surface area contributed by atoms with Gasteiger partial charge in [0.2, 0.25) is 5.91 Å². The lowest BCUT2D eigenvalue weighted by atomic mass is 10.0. The van der Waals surface area contributed by atoms with Gasteiger partial charge < -0.3 is 34.1 Å². The molecule has 10 nitrogen and oxygen atoms in total. The fraction of sp³-hybridized carbons (Fsp3) is 0.406. The molecule has 2 atom stereocenters. The number of rotatable bonds is 8. The first-order valence-corrected chi connectivity index (χ1v) is 14.7. The minimum atomic E-state index is -0.789. The molecule has 2 amide bonds. The fourth-order valence-electron chi connectivity index (χ4n) is 4.84. The van der Waals surface area contributed by atoms with Gasteiger partial charge in [-0.15, -0.1) is 0 Å². The van der Waals surface area contributed by atoms with Crippen LogP contribution in [0.3, 0.4) is 0 Å². The van der Waals surface area contributed by atoms with E-state index in [0.29, 0.717) is 11.4 Å². The van der Waals surface area contributed by atoms with E-state index in [0.717, 1.165) is 20.8 Å². The van der Waals surface area contributed by atoms with Crippen molar-refractivity contribution in [1.29, 1.82) is 0 Å². The molecule has 0 spiro atoms. The molecule has 1 aliphatic rings. The molecule has 43 heavy (non-hydrogen) atoms. The quantitative estimate of drug-likeness (QED) is 0.316. The largest absolute Gasteiger partial charge is 0.496 e. The Morgan fingerprint density at radius 2 is 1.91 bits per heavy atom. The number of amides is 2. The Hall–Kier alpha value is -3.83. The minimum absolute atomic E-state index is 0.0428. The van der Waals surface area contributed by atoms with Gasteiger partial charge in [-0.05, 0) is 68.8 Å². The molecule has 1 aliphatic heterocycles. The molecule has 0 radical (unpaired) electrons. The molecule has 1 unspecified atom stereocenters. The van der Waals surface area contributed by atoms with E-state index >= 15 is 0 Å². The fourth-order valence-corrected chi connectivity index (χ4v) is 5.21. The third-order valence-corrected chi connectivity index (χ3v) is 7.73. The lowest BCUT2D eigenvalue weighted by Gasteiger charge is -2.30. The molecule has 4 rings (SSSR count). The van der Waals surface area contributed by atoms with Crippen LogP contribution in [0.1, 0.15) is 43.6 Å². The summed E-state index contributed by atoms with van der Waals surface area (Å²) in [5, 5.41) is 5.17. The number of methoxy groups -OCH3 is 2. The summed E-state index contributed by atoms with van der Waals surface area (Å²) in [7, 11) is 4.54. The van der Waals surface area contributed by atoms with Crippen LogP contribution >= 0.6 is 15.9 Å². The van der Waals surface area contributed by atoms with Crippen molar-refractivity contribution in [2.24, 2.45) is 0 Å². The SMILES string of the molecule is COC(=O)c1cccc2c1OCC(NC[C@H](C)N(C)C(=O)OC(C)(C)C)C(=O)N2Cc1c(OC)ccc2cc(Br)ccc12. The first kappa shape index (κ1) is 32.1. The van der Waals surface area contributed by atoms with E-state index in [1.54, 1.807) is 37.3 Å². The van der Waals surface area contributed by atoms with Gasteiger partial charge in [-0.2, -0.15) is 0 Å². The average molecular weight is 657 g/mol. The summed E-state index contributed by atoms with van der Waals surface area (Å²) in [5.74, 6) is 0.0448. The highest BCUT2D eigenvalue weighted by atomic mass is 79.9. The molecule has 1 heterocycles. The zero-order valence-electron chi connectivity index (χ0n) is 25.5. The maximum absolute atomic E-state index is 14.3. The van der Waals surface area contributed by atoms with Crippen LogP contribution in [0, 0.1) is 0 Å². The number of nitrogens with one attached hydrogen (secondary N) is 1. The van der Waals surface area contributed by atoms with Crippen molar-refractivity contribution in [2.45, 2.75) is 51.9 Å². The van der Waals surface area contributed by atoms with E-state index in [-0.39, 0.29) is 43.0 Å². The van der Waals surface area contributed by atoms with Gasteiger partial charge in [0.05, 0.1) is 26.5 Å². The number of anilines is 1. The lowest BCUT2D eigenvalue weighted by Crippen LogP contribution is -2.52. The first-order chi connectivity index (χ1) is 20.3. The van der Waals surface area contributed by atoms with Crippen LogP contribution < -0.4 is 19.7 Å². The van der Waals surface area contributed by atoms with Crippen LogP contribution in [0.15, 0.2) is 53.0 Å². The summed E-state index contributed by atoms with van der Waals surface area (Å²) in [6, 6.07) is 13.7. The molecule has 0 aromatic heterocycles. The molecule has 3 aromatic rings. The smallest absolute Gasteiger partial charge is 0.410 e. The van der Waals surface area contributed by atoms with Crippen LogP contribution in [0.2, 0.25) is 0 Å². The Labute approximate surface area is 260 Å². The predicted octanol–water partition coefficient (Wildman–Crippen LogP) is 5.54. The highest BCUT2D eigenvalue weighted by Crippen LogP contribution is 2.39. The Bertz CT molecular complexity index is 1520. The molecule has 0 aliphatic carbocycles. The van der Waals surface area contributed by atoms with Gasteiger partial charge in [0.25, 0.3) is 0 Å². The first-order valence-electron chi connectivity index (χ1n) is 13.9. The number of esters is 1. The number of likely N-dealkylation sites (N-methyl/N-ethyl adjacent to an activating group) is 1. The van der Waals surface area contributed by atoms with E-state index in [1.807, 2.05) is 58.0 Å². The van der Waals surface area contributed by atoms with Gasteiger partial charge in [0.1, 0.15) is 29.6 Å². The van der Waals surface area contributed by atoms with Gasteiger partial charge >= 0.3 is 12.1 Å². The Morgan fingerprint density at radius 3 is 2.58 bits per heavy atom. The number of ether oxygens (including phenoxy) is 4. The average Bonchev–Trinajstić information content (AvgIpc) is 3.10. The number of carbonyl (C=O) groups excluding carboxylic acids is 3. The zero-order valence-corrected chi connectivity index (χ0v) is 27.1. The molecule has 0 fully saturated rings. The number of nitrogens with zero attached hydrogens (tertiary/aromatic N) is 2. The van der Waals surface area contributed by atoms with Gasteiger partial charge in [-0.3, -0.25) is 4.79 Å². The molecule has 3 aromatic carbocycles. The normalized spacial score (nSPS) is 15.7. The van der Waals surface area contributed by atoms with E-state index in [9.17, 15) is 14.4 Å². The van der Waals surface area contributed by atoms with Gasteiger partial charge in [0, 0.05) is 29.7 Å². The highest BCUT2D eigenvalue weighted by Gasteiger charge is 2.35. The number of halogens is 1. The molecule has 0 bridgehead atoms. The summed E-state index contributed by atoms with van der Waals surface area (Å²) >= 11 is 3.53. The number of para-hydroxylation sites is 1. The molecular formula is C32H38BrN3O7. The Balaban J connectivity index is 1.70. The van der Waals surface area contributed by atoms with Crippen molar-refractivity contribution in [3.05, 3.63) is 64.1 Å². The van der Waals surface area contributed by atoms with Gasteiger partial charge in [-0.1, -0.05) is 34.1 Å². The summed E-state index contributed by atoms with van der Waals surface area (Å²) in [6.45, 7) is 7.67. The van der Waals surface area contributed by atoms with E-state index in [1.165, 1.54) is 12.0 Å². The van der Waals surface area contributed by atoms with Crippen molar-refractivity contribution in [3.8, 4) is 11.5 Å². The van der Waals surface area contributed by atoms with E-state index in [4.69, 9.17) is 18.9 Å². The van der Waals surface area contributed by atoms with Gasteiger partial charge in [-0.25, -0.2) is 9.59 Å². The summed E-state index contributed by atoms with van der Waals surface area (Å²) in [4.78, 5) is 42.7. The monoisotopic (exact) mass is 655 g/mol. The third-order valence-electron chi connectivity index (χ3n) is 7.24. The van der Waals surface area contributed by atoms with Crippen molar-refractivity contribution in [3.63, 3.8) is 0 Å². The van der Waals surface area contributed by atoms with Crippen LogP contribution in [0.5, 0.6) is 11.5 Å². The molecular weight excluding hydrogens is 618 g/mol. The molecule has 1 N–H and O–H groups in total. The maximum atomic E-state index is 14.3. The Morgan fingerprint density at radius 1 is 1.16 bits per heavy atom. The third kappa shape index (κ3) is 7.22. The van der Waals surface area contributed by atoms with Gasteiger partial charge in [0.15, 0.2) is 5.75 Å². The topological polar surface area (TPSA) is 107 Å². The second kappa shape index (κ2) is 13.2. The van der Waals surface area contributed by atoms with E-state index < -0.39 is 23.7 Å². The Kier molecular flexibility index (Phi) is 9.86. The van der Waals surface area contributed by atoms with Crippen LogP contribution in [-0.4, -0.2) is 75.0 Å². The van der Waals surface area contributed by atoms with Crippen LogP contribution in [-0.2, 0) is 20.8 Å². The molecule has 11 heteroatoms. The van der Waals surface area contributed by atoms with Crippen molar-refractivity contribution < 1.29 is 33.3 Å². The second-order valence-corrected chi connectivity index (χ2v) is 12.3. The lowest BCUT2D eigenvalue weighted by molar-refractivity contribution is -0.121. The number of benzene rings is 3. The number of hydrogen-bond donors (Lipinski definition) is 1. The second-order valence-electron chi connectivity index (χ2n) is 11.4. The standard InChI is InChI=1S/C32H38BrN3O7/c1-19(35(5)31(39)43-32(2,3)4)16-34-25-18-42-28-23(30(38)41-7)9-8-10-26(28)36(29(25)37)17-24-22-13-12-21(33)15-20(22)11-14-27(24)40-6/h8-15,19,25,34H,16-18H2,1-7H3/t19-,25?/m0/s1. The minimum Gasteiger partial charge on any atom is -0.496 e. The number of carbonyl (C=O) groups is 3. The number of hydrogen-bond acceptors (Lipinski definition) is 8. The summed E-state index contributed by atoms with van der Waals surface area (Å²) in [5.41, 5.74) is 0.818. The summed E-state index contributed by atoms with van der Waals surface area (Å²) < 4.78 is 23.3. The molecule has 230 valence electrons. The zero-order chi connectivity index (χ0) is 31.5. The summed E-state index contributed by atoms with van der Waals surface area (Å²) in [6.07, 6.45) is -0.461. The van der Waals surface area contributed by atoms with Crippen molar-refractivity contribution >= 4 is 50.4 Å². The predicted molar refractivity (Wildman–Crippen MR) is 168 cm³/mol. The maximum Gasteiger partial charge on any atom is 0.410 e. The van der Waals surface area contributed by atoms with Crippen molar-refractivity contribution in [1.82, 2.24) is 10.2 Å². The van der Waals surface area contributed by atoms with Crippen LogP contribution in [0.4, 0.5) is 10.5 Å². The molecule has 0 saturated heterocycles. The highest BCUT2D eigenvalue weighted by molar-refractivity contribution is 9.10.